The van der Waals surface area contributed by atoms with Crippen LogP contribution in [0.4, 0.5) is 0 Å². The number of rotatable bonds is 5. The van der Waals surface area contributed by atoms with Gasteiger partial charge in [-0.25, -0.2) is 9.97 Å². The average Bonchev–Trinajstić information content (AvgIpc) is 3.47. The Morgan fingerprint density at radius 3 is 1.70 bits per heavy atom. The van der Waals surface area contributed by atoms with E-state index in [-0.39, 0.29) is 0 Å². The van der Waals surface area contributed by atoms with Gasteiger partial charge < -0.3 is 0 Å². The van der Waals surface area contributed by atoms with Gasteiger partial charge in [-0.3, -0.25) is 4.98 Å². The van der Waals surface area contributed by atoms with Crippen molar-refractivity contribution >= 4 is 10.8 Å². The molecule has 0 atom stereocenters. The van der Waals surface area contributed by atoms with Crippen LogP contribution >= 0.6 is 0 Å². The van der Waals surface area contributed by atoms with Crippen molar-refractivity contribution in [3.8, 4) is 78.4 Å². The van der Waals surface area contributed by atoms with Crippen LogP contribution in [-0.2, 0) is 0 Å². The number of pyridine rings is 1. The summed E-state index contributed by atoms with van der Waals surface area (Å²) < 4.78 is 0. The van der Waals surface area contributed by atoms with E-state index in [2.05, 4.69) is 126 Å². The van der Waals surface area contributed by atoms with Crippen LogP contribution in [0.1, 0.15) is 0 Å². The molecule has 9 rings (SSSR count). The fourth-order valence-electron chi connectivity index (χ4n) is 6.74. The summed E-state index contributed by atoms with van der Waals surface area (Å²) in [6, 6.07) is 53.6. The molecule has 0 saturated carbocycles. The van der Waals surface area contributed by atoms with E-state index >= 15 is 0 Å². The molecule has 3 heteroatoms. The summed E-state index contributed by atoms with van der Waals surface area (Å²) in [7, 11) is 0. The molecule has 0 fully saturated rings. The minimum absolute atomic E-state index is 0.702. The Morgan fingerprint density at radius 1 is 0.326 bits per heavy atom. The van der Waals surface area contributed by atoms with Crippen molar-refractivity contribution < 1.29 is 0 Å². The highest BCUT2D eigenvalue weighted by Crippen LogP contribution is 2.49. The Bertz CT molecular complexity index is 2370. The zero-order valence-electron chi connectivity index (χ0n) is 24.9. The zero-order chi connectivity index (χ0) is 30.5. The van der Waals surface area contributed by atoms with Gasteiger partial charge in [0.25, 0.3) is 0 Å². The standard InChI is InChI=1S/C43H27N3/c1-2-8-30(9-3-1)40-27-41(33-11-6-10-32(26-33)28-22-24-44-25-23-28)46-43(45-40)31-18-16-29(17-19-31)34-20-21-39-36-13-5-4-12-35(36)38-15-7-14-37(34)42(38)39/h1-27H. The Labute approximate surface area is 267 Å². The van der Waals surface area contributed by atoms with Crippen molar-refractivity contribution in [3.63, 3.8) is 0 Å². The minimum atomic E-state index is 0.702. The maximum Gasteiger partial charge on any atom is 0.160 e. The van der Waals surface area contributed by atoms with Crippen molar-refractivity contribution in [2.75, 3.05) is 0 Å². The molecule has 8 aromatic rings. The molecule has 2 heterocycles. The SMILES string of the molecule is c1ccc(-c2cc(-c3cccc(-c4ccncc4)c3)nc(-c3ccc(-c4ccc5c6c(cccc46)-c4ccccc4-5)cc3)n2)cc1. The molecule has 214 valence electrons. The molecule has 0 unspecified atom stereocenters. The monoisotopic (exact) mass is 585 g/mol. The van der Waals surface area contributed by atoms with Crippen LogP contribution in [0, 0.1) is 0 Å². The Balaban J connectivity index is 1.14. The molecule has 0 aliphatic heterocycles. The molecule has 0 bridgehead atoms. The van der Waals surface area contributed by atoms with Gasteiger partial charge in [0.1, 0.15) is 0 Å². The predicted octanol–water partition coefficient (Wildman–Crippen LogP) is 11.0. The third-order valence-electron chi connectivity index (χ3n) is 8.97. The average molecular weight is 586 g/mol. The normalized spacial score (nSPS) is 11.5. The van der Waals surface area contributed by atoms with Gasteiger partial charge in [-0.05, 0) is 79.5 Å². The zero-order valence-corrected chi connectivity index (χ0v) is 24.9. The van der Waals surface area contributed by atoms with E-state index in [1.165, 1.54) is 44.2 Å². The minimum Gasteiger partial charge on any atom is -0.265 e. The second-order valence-corrected chi connectivity index (χ2v) is 11.7. The van der Waals surface area contributed by atoms with Crippen molar-refractivity contribution in [1.82, 2.24) is 15.0 Å². The van der Waals surface area contributed by atoms with E-state index in [9.17, 15) is 0 Å². The largest absolute Gasteiger partial charge is 0.265 e. The highest BCUT2D eigenvalue weighted by Gasteiger charge is 2.22. The maximum atomic E-state index is 5.12. The summed E-state index contributed by atoms with van der Waals surface area (Å²) >= 11 is 0. The molecule has 0 radical (unpaired) electrons. The van der Waals surface area contributed by atoms with E-state index in [1.807, 2.05) is 42.7 Å². The molecular formula is C43H27N3. The first-order chi connectivity index (χ1) is 22.8. The summed E-state index contributed by atoms with van der Waals surface area (Å²) in [6.07, 6.45) is 3.65. The molecular weight excluding hydrogens is 558 g/mol. The molecule has 6 aromatic carbocycles. The molecule has 2 aromatic heterocycles. The van der Waals surface area contributed by atoms with Crippen molar-refractivity contribution in [2.24, 2.45) is 0 Å². The quantitative estimate of drug-likeness (QED) is 0.202. The second-order valence-electron chi connectivity index (χ2n) is 11.7. The number of hydrogen-bond donors (Lipinski definition) is 0. The number of aromatic nitrogens is 3. The third-order valence-corrected chi connectivity index (χ3v) is 8.97. The lowest BCUT2D eigenvalue weighted by Gasteiger charge is -2.12. The van der Waals surface area contributed by atoms with Crippen LogP contribution in [0.15, 0.2) is 164 Å². The Hall–Kier alpha value is -6.19. The van der Waals surface area contributed by atoms with Gasteiger partial charge in [0.05, 0.1) is 11.4 Å². The van der Waals surface area contributed by atoms with E-state index < -0.39 is 0 Å². The van der Waals surface area contributed by atoms with Gasteiger partial charge in [0.15, 0.2) is 5.82 Å². The molecule has 0 N–H and O–H groups in total. The third kappa shape index (κ3) is 4.41. The summed E-state index contributed by atoms with van der Waals surface area (Å²) in [5.74, 6) is 0.702. The molecule has 0 spiro atoms. The van der Waals surface area contributed by atoms with Crippen molar-refractivity contribution in [1.29, 1.82) is 0 Å². The lowest BCUT2D eigenvalue weighted by atomic mass is 9.94. The van der Waals surface area contributed by atoms with E-state index in [0.29, 0.717) is 5.82 Å². The lowest BCUT2D eigenvalue weighted by molar-refractivity contribution is 1.18. The first-order valence-electron chi connectivity index (χ1n) is 15.5. The lowest BCUT2D eigenvalue weighted by Crippen LogP contribution is -1.96. The first kappa shape index (κ1) is 26.2. The summed E-state index contributed by atoms with van der Waals surface area (Å²) in [6.45, 7) is 0. The predicted molar refractivity (Wildman–Crippen MR) is 189 cm³/mol. The van der Waals surface area contributed by atoms with Gasteiger partial charge in [0.2, 0.25) is 0 Å². The van der Waals surface area contributed by atoms with Crippen LogP contribution in [0.3, 0.4) is 0 Å². The van der Waals surface area contributed by atoms with Gasteiger partial charge in [0, 0.05) is 29.1 Å². The smallest absolute Gasteiger partial charge is 0.160 e. The van der Waals surface area contributed by atoms with Gasteiger partial charge in [-0.2, -0.15) is 0 Å². The summed E-state index contributed by atoms with van der Waals surface area (Å²) in [5, 5.41) is 2.61. The van der Waals surface area contributed by atoms with Crippen LogP contribution in [-0.4, -0.2) is 15.0 Å². The highest BCUT2D eigenvalue weighted by molar-refractivity contribution is 6.18. The fourth-order valence-corrected chi connectivity index (χ4v) is 6.74. The molecule has 46 heavy (non-hydrogen) atoms. The fraction of sp³-hybridized carbons (Fsp3) is 0. The molecule has 0 amide bonds. The highest BCUT2D eigenvalue weighted by atomic mass is 14.9. The van der Waals surface area contributed by atoms with E-state index in [0.717, 1.165) is 39.2 Å². The maximum absolute atomic E-state index is 5.12. The summed E-state index contributed by atoms with van der Waals surface area (Å²) in [5.41, 5.74) is 14.8. The molecule has 1 aliphatic carbocycles. The molecule has 3 nitrogen and oxygen atoms in total. The second kappa shape index (κ2) is 10.8. The topological polar surface area (TPSA) is 38.7 Å². The van der Waals surface area contributed by atoms with Gasteiger partial charge >= 0.3 is 0 Å². The van der Waals surface area contributed by atoms with Crippen LogP contribution in [0.2, 0.25) is 0 Å². The number of nitrogens with zero attached hydrogens (tertiary/aromatic N) is 3. The number of hydrogen-bond acceptors (Lipinski definition) is 3. The van der Waals surface area contributed by atoms with Crippen molar-refractivity contribution in [3.05, 3.63) is 164 Å². The van der Waals surface area contributed by atoms with E-state index in [1.54, 1.807) is 0 Å². The van der Waals surface area contributed by atoms with Crippen LogP contribution < -0.4 is 0 Å². The molecule has 1 aliphatic rings. The first-order valence-corrected chi connectivity index (χ1v) is 15.5. The number of fused-ring (bicyclic) bond motifs is 3. The van der Waals surface area contributed by atoms with Crippen LogP contribution in [0.5, 0.6) is 0 Å². The van der Waals surface area contributed by atoms with E-state index in [4.69, 9.17) is 9.97 Å². The number of benzene rings is 6. The molecule has 0 saturated heterocycles. The van der Waals surface area contributed by atoms with Crippen molar-refractivity contribution in [2.45, 2.75) is 0 Å². The van der Waals surface area contributed by atoms with Gasteiger partial charge in [-0.15, -0.1) is 0 Å². The van der Waals surface area contributed by atoms with Gasteiger partial charge in [-0.1, -0.05) is 127 Å². The Kier molecular flexibility index (Phi) is 6.14. The summed E-state index contributed by atoms with van der Waals surface area (Å²) in [4.78, 5) is 14.4. The Morgan fingerprint density at radius 2 is 0.913 bits per heavy atom. The van der Waals surface area contributed by atoms with Crippen LogP contribution in [0.25, 0.3) is 89.2 Å².